The second-order valence-corrected chi connectivity index (χ2v) is 7.20. The van der Waals surface area contributed by atoms with Gasteiger partial charge in [0.25, 0.3) is 5.91 Å². The summed E-state index contributed by atoms with van der Waals surface area (Å²) in [4.78, 5) is 12.5. The van der Waals surface area contributed by atoms with Crippen molar-refractivity contribution in [2.75, 3.05) is 51.8 Å². The van der Waals surface area contributed by atoms with E-state index in [1.165, 1.54) is 16.4 Å². The Morgan fingerprint density at radius 3 is 2.48 bits per heavy atom. The first-order valence-electron chi connectivity index (χ1n) is 8.27. The average Bonchev–Trinajstić information content (AvgIpc) is 2.60. The Morgan fingerprint density at radius 2 is 1.92 bits per heavy atom. The van der Waals surface area contributed by atoms with Crippen LogP contribution in [0.1, 0.15) is 24.2 Å². The zero-order chi connectivity index (χ0) is 18.9. The normalized spacial score (nSPS) is 11.6. The number of amides is 1. The molecule has 25 heavy (non-hydrogen) atoms. The van der Waals surface area contributed by atoms with Gasteiger partial charge in [-0.2, -0.15) is 4.31 Å². The maximum Gasteiger partial charge on any atom is 0.253 e. The molecule has 0 unspecified atom stereocenters. The second kappa shape index (κ2) is 10.3. The van der Waals surface area contributed by atoms with Crippen molar-refractivity contribution < 1.29 is 17.9 Å². The summed E-state index contributed by atoms with van der Waals surface area (Å²) in [6.07, 6.45) is 0. The number of ether oxygens (including phenoxy) is 1. The number of sulfonamides is 1. The van der Waals surface area contributed by atoms with Crippen LogP contribution in [0, 0.1) is 0 Å². The molecule has 1 amide bonds. The van der Waals surface area contributed by atoms with Crippen molar-refractivity contribution in [1.29, 1.82) is 0 Å². The third kappa shape index (κ3) is 5.67. The highest BCUT2D eigenvalue weighted by Gasteiger charge is 2.24. The highest BCUT2D eigenvalue weighted by Crippen LogP contribution is 2.23. The number of nitrogens with two attached hydrogens (primary N) is 1. The summed E-state index contributed by atoms with van der Waals surface area (Å²) in [7, 11) is -2.06. The maximum atomic E-state index is 12.7. The molecule has 0 saturated heterocycles. The molecule has 8 nitrogen and oxygen atoms in total. The van der Waals surface area contributed by atoms with Gasteiger partial charge in [-0.3, -0.25) is 4.79 Å². The Kier molecular flexibility index (Phi) is 8.84. The van der Waals surface area contributed by atoms with Crippen molar-refractivity contribution in [3.8, 4) is 0 Å². The van der Waals surface area contributed by atoms with E-state index in [1.54, 1.807) is 27.0 Å². The van der Waals surface area contributed by atoms with Gasteiger partial charge in [-0.1, -0.05) is 13.8 Å². The van der Waals surface area contributed by atoms with Gasteiger partial charge < -0.3 is 21.1 Å². The number of methoxy groups -OCH3 is 1. The minimum atomic E-state index is -3.64. The molecule has 0 heterocycles. The van der Waals surface area contributed by atoms with Crippen molar-refractivity contribution in [2.24, 2.45) is 5.73 Å². The lowest BCUT2D eigenvalue weighted by atomic mass is 10.1. The van der Waals surface area contributed by atoms with Crippen LogP contribution < -0.4 is 16.4 Å². The summed E-state index contributed by atoms with van der Waals surface area (Å²) in [5.74, 6) is -0.373. The number of nitrogens with zero attached hydrogens (tertiary/aromatic N) is 1. The quantitative estimate of drug-likeness (QED) is 0.487. The van der Waals surface area contributed by atoms with Crippen LogP contribution in [-0.4, -0.2) is 65.1 Å². The van der Waals surface area contributed by atoms with Gasteiger partial charge in [0.05, 0.1) is 17.1 Å². The fourth-order valence-corrected chi connectivity index (χ4v) is 3.79. The van der Waals surface area contributed by atoms with Crippen LogP contribution in [0.15, 0.2) is 23.1 Å². The van der Waals surface area contributed by atoms with Gasteiger partial charge in [0, 0.05) is 45.5 Å². The number of carbonyl (C=O) groups excluding carboxylic acids is 1. The summed E-state index contributed by atoms with van der Waals surface area (Å²) in [6.45, 7) is 5.84. The monoisotopic (exact) mass is 372 g/mol. The Balaban J connectivity index is 3.24. The summed E-state index contributed by atoms with van der Waals surface area (Å²) >= 11 is 0. The van der Waals surface area contributed by atoms with Gasteiger partial charge in [-0.05, 0) is 18.2 Å². The van der Waals surface area contributed by atoms with Crippen molar-refractivity contribution in [3.05, 3.63) is 23.8 Å². The minimum Gasteiger partial charge on any atom is -0.383 e. The van der Waals surface area contributed by atoms with E-state index in [0.29, 0.717) is 45.0 Å². The molecule has 0 aliphatic rings. The molecule has 1 aromatic carbocycles. The number of hydrogen-bond donors (Lipinski definition) is 3. The van der Waals surface area contributed by atoms with Crippen molar-refractivity contribution in [3.63, 3.8) is 0 Å². The molecule has 4 N–H and O–H groups in total. The lowest BCUT2D eigenvalue weighted by Crippen LogP contribution is -2.32. The van der Waals surface area contributed by atoms with E-state index in [2.05, 4.69) is 10.6 Å². The van der Waals surface area contributed by atoms with Gasteiger partial charge in [-0.15, -0.1) is 0 Å². The number of carbonyl (C=O) groups is 1. The predicted molar refractivity (Wildman–Crippen MR) is 98.3 cm³/mol. The van der Waals surface area contributed by atoms with Crippen LogP contribution in [0.2, 0.25) is 0 Å². The largest absolute Gasteiger partial charge is 0.383 e. The van der Waals surface area contributed by atoms with Gasteiger partial charge in [-0.25, -0.2) is 8.42 Å². The first-order chi connectivity index (χ1) is 11.9. The third-order valence-corrected chi connectivity index (χ3v) is 5.68. The predicted octanol–water partition coefficient (Wildman–Crippen LogP) is 0.464. The maximum absolute atomic E-state index is 12.7. The zero-order valence-corrected chi connectivity index (χ0v) is 15.9. The molecular formula is C16H28N4O4S. The minimum absolute atomic E-state index is 0.0892. The Morgan fingerprint density at radius 1 is 1.24 bits per heavy atom. The molecule has 0 aliphatic heterocycles. The van der Waals surface area contributed by atoms with Crippen LogP contribution in [0.3, 0.4) is 0 Å². The number of anilines is 1. The standard InChI is InChI=1S/C16H28N4O4S/c1-4-20(5-2)25(22,23)13-6-7-15(18-10-11-24-3)14(12-13)16(21)19-9-8-17/h6-7,12,18H,4-5,8-11,17H2,1-3H3,(H,19,21). The first-order valence-corrected chi connectivity index (χ1v) is 9.71. The highest BCUT2D eigenvalue weighted by molar-refractivity contribution is 7.89. The van der Waals surface area contributed by atoms with Gasteiger partial charge in [0.2, 0.25) is 10.0 Å². The topological polar surface area (TPSA) is 114 Å². The molecule has 0 bridgehead atoms. The summed E-state index contributed by atoms with van der Waals surface area (Å²) in [5, 5.41) is 5.75. The number of hydrogen-bond acceptors (Lipinski definition) is 6. The Bertz CT molecular complexity index is 660. The van der Waals surface area contributed by atoms with Crippen molar-refractivity contribution in [2.45, 2.75) is 18.7 Å². The molecule has 9 heteroatoms. The second-order valence-electron chi connectivity index (χ2n) is 5.26. The number of benzene rings is 1. The highest BCUT2D eigenvalue weighted by atomic mass is 32.2. The van der Waals surface area contributed by atoms with Crippen molar-refractivity contribution >= 4 is 21.6 Å². The number of nitrogens with one attached hydrogen (secondary N) is 2. The molecule has 0 radical (unpaired) electrons. The lowest BCUT2D eigenvalue weighted by molar-refractivity contribution is 0.0955. The first kappa shape index (κ1) is 21.4. The Labute approximate surface area is 149 Å². The molecule has 0 saturated carbocycles. The van der Waals surface area contributed by atoms with Gasteiger partial charge >= 0.3 is 0 Å². The van der Waals surface area contributed by atoms with Crippen LogP contribution in [0.25, 0.3) is 0 Å². The molecule has 142 valence electrons. The molecule has 1 rings (SSSR count). The lowest BCUT2D eigenvalue weighted by Gasteiger charge is -2.20. The SMILES string of the molecule is CCN(CC)S(=O)(=O)c1ccc(NCCOC)c(C(=O)NCCN)c1. The van der Waals surface area contributed by atoms with E-state index in [9.17, 15) is 13.2 Å². The molecule has 1 aromatic rings. The van der Waals surface area contributed by atoms with Crippen LogP contribution in [-0.2, 0) is 14.8 Å². The zero-order valence-electron chi connectivity index (χ0n) is 15.0. The van der Waals surface area contributed by atoms with E-state index in [0.717, 1.165) is 0 Å². The van der Waals surface area contributed by atoms with E-state index < -0.39 is 10.0 Å². The molecule has 0 atom stereocenters. The average molecular weight is 372 g/mol. The summed E-state index contributed by atoms with van der Waals surface area (Å²) in [6, 6.07) is 4.50. The van der Waals surface area contributed by atoms with E-state index >= 15 is 0 Å². The fourth-order valence-electron chi connectivity index (χ4n) is 2.31. The molecule has 0 fully saturated rings. The van der Waals surface area contributed by atoms with E-state index in [1.807, 2.05) is 0 Å². The number of rotatable bonds is 11. The van der Waals surface area contributed by atoms with Crippen LogP contribution in [0.4, 0.5) is 5.69 Å². The van der Waals surface area contributed by atoms with Crippen LogP contribution in [0.5, 0.6) is 0 Å². The summed E-state index contributed by atoms with van der Waals surface area (Å²) < 4.78 is 31.7. The molecule has 0 aliphatic carbocycles. The van der Waals surface area contributed by atoms with Gasteiger partial charge in [0.15, 0.2) is 0 Å². The van der Waals surface area contributed by atoms with E-state index in [4.69, 9.17) is 10.5 Å². The van der Waals surface area contributed by atoms with Crippen LogP contribution >= 0.6 is 0 Å². The van der Waals surface area contributed by atoms with E-state index in [-0.39, 0.29) is 16.4 Å². The molecule has 0 aromatic heterocycles. The third-order valence-electron chi connectivity index (χ3n) is 3.63. The van der Waals surface area contributed by atoms with Crippen molar-refractivity contribution in [1.82, 2.24) is 9.62 Å². The smallest absolute Gasteiger partial charge is 0.253 e. The molecular weight excluding hydrogens is 344 g/mol. The molecule has 0 spiro atoms. The van der Waals surface area contributed by atoms with Gasteiger partial charge in [0.1, 0.15) is 0 Å². The summed E-state index contributed by atoms with van der Waals surface area (Å²) in [5.41, 5.74) is 6.22. The fraction of sp³-hybridized carbons (Fsp3) is 0.562. The Hall–Kier alpha value is -1.68.